The molecule has 0 amide bonds. The Labute approximate surface area is 130 Å². The lowest BCUT2D eigenvalue weighted by Gasteiger charge is -2.39. The number of benzene rings is 1. The molecule has 2 aliphatic rings. The van der Waals surface area contributed by atoms with Crippen molar-refractivity contribution in [2.24, 2.45) is 5.41 Å². The van der Waals surface area contributed by atoms with Crippen molar-refractivity contribution in [3.8, 4) is 11.5 Å². The van der Waals surface area contributed by atoms with Gasteiger partial charge in [0.15, 0.2) is 11.5 Å². The number of carbonyl (C=O) groups is 1. The molecule has 2 heterocycles. The molecule has 0 radical (unpaired) electrons. The van der Waals surface area contributed by atoms with Gasteiger partial charge in [0.1, 0.15) is 0 Å². The van der Waals surface area contributed by atoms with Crippen molar-refractivity contribution in [3.63, 3.8) is 0 Å². The summed E-state index contributed by atoms with van der Waals surface area (Å²) < 4.78 is 10.7. The van der Waals surface area contributed by atoms with Crippen LogP contribution in [0.1, 0.15) is 24.8 Å². The average molecular weight is 303 g/mol. The second kappa shape index (κ2) is 6.01. The SMILES string of the molecule is C=CCC1(C(=O)O)CCCN(Cc2ccc3c(c2)OCO3)C1. The third-order valence-electron chi connectivity index (χ3n) is 4.49. The van der Waals surface area contributed by atoms with Crippen molar-refractivity contribution >= 4 is 5.97 Å². The summed E-state index contributed by atoms with van der Waals surface area (Å²) in [6.07, 6.45) is 3.84. The summed E-state index contributed by atoms with van der Waals surface area (Å²) in [5, 5.41) is 9.62. The van der Waals surface area contributed by atoms with Crippen molar-refractivity contribution in [3.05, 3.63) is 36.4 Å². The van der Waals surface area contributed by atoms with E-state index in [0.29, 0.717) is 19.4 Å². The maximum absolute atomic E-state index is 11.7. The van der Waals surface area contributed by atoms with Crippen LogP contribution in [0, 0.1) is 5.41 Å². The number of likely N-dealkylation sites (tertiary alicyclic amines) is 1. The summed E-state index contributed by atoms with van der Waals surface area (Å²) in [5.41, 5.74) is 0.417. The molecule has 22 heavy (non-hydrogen) atoms. The summed E-state index contributed by atoms with van der Waals surface area (Å²) in [5.74, 6) is 0.821. The number of hydrogen-bond donors (Lipinski definition) is 1. The van der Waals surface area contributed by atoms with Gasteiger partial charge in [-0.3, -0.25) is 9.69 Å². The predicted molar refractivity (Wildman–Crippen MR) is 82.0 cm³/mol. The van der Waals surface area contributed by atoms with E-state index in [4.69, 9.17) is 9.47 Å². The van der Waals surface area contributed by atoms with E-state index in [1.54, 1.807) is 6.08 Å². The van der Waals surface area contributed by atoms with Gasteiger partial charge >= 0.3 is 5.97 Å². The van der Waals surface area contributed by atoms with E-state index in [-0.39, 0.29) is 6.79 Å². The first-order chi connectivity index (χ1) is 10.6. The number of piperidine rings is 1. The third-order valence-corrected chi connectivity index (χ3v) is 4.49. The molecule has 1 atom stereocenters. The fourth-order valence-corrected chi connectivity index (χ4v) is 3.36. The second-order valence-corrected chi connectivity index (χ2v) is 6.08. The molecule has 118 valence electrons. The van der Waals surface area contributed by atoms with E-state index in [9.17, 15) is 9.90 Å². The molecule has 1 unspecified atom stereocenters. The molecular formula is C17H21NO4. The highest BCUT2D eigenvalue weighted by atomic mass is 16.7. The number of allylic oxidation sites excluding steroid dienone is 1. The molecule has 1 aromatic carbocycles. The van der Waals surface area contributed by atoms with Gasteiger partial charge in [-0.05, 0) is 43.5 Å². The standard InChI is InChI=1S/C17H21NO4/c1-2-6-17(16(19)20)7-3-8-18(11-17)10-13-4-5-14-15(9-13)22-12-21-14/h2,4-5,9H,1,3,6-8,10-12H2,(H,19,20). The van der Waals surface area contributed by atoms with Gasteiger partial charge in [0.2, 0.25) is 6.79 Å². The molecule has 1 fully saturated rings. The molecule has 5 nitrogen and oxygen atoms in total. The molecule has 5 heteroatoms. The van der Waals surface area contributed by atoms with Crippen molar-refractivity contribution in [1.82, 2.24) is 4.90 Å². The molecule has 3 rings (SSSR count). The van der Waals surface area contributed by atoms with E-state index >= 15 is 0 Å². The Balaban J connectivity index is 1.72. The maximum atomic E-state index is 11.7. The number of aliphatic carboxylic acids is 1. The number of rotatable bonds is 5. The fourth-order valence-electron chi connectivity index (χ4n) is 3.36. The highest BCUT2D eigenvalue weighted by Gasteiger charge is 2.41. The summed E-state index contributed by atoms with van der Waals surface area (Å²) in [6.45, 7) is 6.19. The van der Waals surface area contributed by atoms with E-state index in [2.05, 4.69) is 11.5 Å². The van der Waals surface area contributed by atoms with Crippen LogP contribution in [0.25, 0.3) is 0 Å². The van der Waals surface area contributed by atoms with Crippen LogP contribution < -0.4 is 9.47 Å². The minimum absolute atomic E-state index is 0.268. The molecule has 0 bridgehead atoms. The van der Waals surface area contributed by atoms with Crippen LogP contribution in [0.4, 0.5) is 0 Å². The van der Waals surface area contributed by atoms with Crippen LogP contribution in [0.3, 0.4) is 0 Å². The summed E-state index contributed by atoms with van der Waals surface area (Å²) in [7, 11) is 0. The Hall–Kier alpha value is -2.01. The smallest absolute Gasteiger partial charge is 0.311 e. The average Bonchev–Trinajstić information content (AvgIpc) is 2.95. The van der Waals surface area contributed by atoms with Gasteiger partial charge in [0.25, 0.3) is 0 Å². The zero-order chi connectivity index (χ0) is 15.6. The maximum Gasteiger partial charge on any atom is 0.311 e. The summed E-state index contributed by atoms with van der Waals surface area (Å²) in [4.78, 5) is 13.9. The number of ether oxygens (including phenoxy) is 2. The van der Waals surface area contributed by atoms with Gasteiger partial charge in [-0.1, -0.05) is 12.1 Å². The minimum Gasteiger partial charge on any atom is -0.481 e. The van der Waals surface area contributed by atoms with Gasteiger partial charge in [0, 0.05) is 13.1 Å². The highest BCUT2D eigenvalue weighted by molar-refractivity contribution is 5.75. The van der Waals surface area contributed by atoms with Gasteiger partial charge < -0.3 is 14.6 Å². The van der Waals surface area contributed by atoms with Crippen LogP contribution in [-0.2, 0) is 11.3 Å². The van der Waals surface area contributed by atoms with Crippen molar-refractivity contribution in [2.75, 3.05) is 19.9 Å². The molecular weight excluding hydrogens is 282 g/mol. The van der Waals surface area contributed by atoms with Crippen LogP contribution >= 0.6 is 0 Å². The Kier molecular flexibility index (Phi) is 4.07. The molecule has 1 N–H and O–H groups in total. The lowest BCUT2D eigenvalue weighted by atomic mass is 9.77. The monoisotopic (exact) mass is 303 g/mol. The van der Waals surface area contributed by atoms with E-state index in [1.807, 2.05) is 18.2 Å². The summed E-state index contributed by atoms with van der Waals surface area (Å²) in [6, 6.07) is 5.90. The quantitative estimate of drug-likeness (QED) is 0.847. The molecule has 1 saturated heterocycles. The van der Waals surface area contributed by atoms with E-state index < -0.39 is 11.4 Å². The summed E-state index contributed by atoms with van der Waals surface area (Å²) >= 11 is 0. The minimum atomic E-state index is -0.720. The molecule has 0 spiro atoms. The normalized spacial score (nSPS) is 24.2. The predicted octanol–water partition coefficient (Wildman–Crippen LogP) is 2.66. The number of nitrogens with zero attached hydrogens (tertiary/aromatic N) is 1. The van der Waals surface area contributed by atoms with Crippen molar-refractivity contribution in [2.45, 2.75) is 25.8 Å². The number of fused-ring (bicyclic) bond motifs is 1. The van der Waals surface area contributed by atoms with Crippen LogP contribution in [0.2, 0.25) is 0 Å². The highest BCUT2D eigenvalue weighted by Crippen LogP contribution is 2.36. The zero-order valence-corrected chi connectivity index (χ0v) is 12.6. The first-order valence-corrected chi connectivity index (χ1v) is 7.58. The number of carboxylic acids is 1. The van der Waals surface area contributed by atoms with Crippen LogP contribution in [-0.4, -0.2) is 35.9 Å². The van der Waals surface area contributed by atoms with Gasteiger partial charge in [-0.2, -0.15) is 0 Å². The van der Waals surface area contributed by atoms with Gasteiger partial charge in [0.05, 0.1) is 5.41 Å². The van der Waals surface area contributed by atoms with E-state index in [0.717, 1.165) is 36.6 Å². The Morgan fingerprint density at radius 2 is 2.23 bits per heavy atom. The van der Waals surface area contributed by atoms with Gasteiger partial charge in [-0.25, -0.2) is 0 Å². The largest absolute Gasteiger partial charge is 0.481 e. The molecule has 1 aromatic rings. The lowest BCUT2D eigenvalue weighted by Crippen LogP contribution is -2.47. The first kappa shape index (κ1) is 14.9. The zero-order valence-electron chi connectivity index (χ0n) is 12.6. The van der Waals surface area contributed by atoms with Gasteiger partial charge in [-0.15, -0.1) is 6.58 Å². The van der Waals surface area contributed by atoms with Crippen LogP contribution in [0.15, 0.2) is 30.9 Å². The molecule has 2 aliphatic heterocycles. The fraction of sp³-hybridized carbons (Fsp3) is 0.471. The lowest BCUT2D eigenvalue weighted by molar-refractivity contribution is -0.152. The second-order valence-electron chi connectivity index (χ2n) is 6.08. The Bertz CT molecular complexity index is 586. The topological polar surface area (TPSA) is 59.0 Å². The van der Waals surface area contributed by atoms with E-state index in [1.165, 1.54) is 0 Å². The van der Waals surface area contributed by atoms with Crippen molar-refractivity contribution in [1.29, 1.82) is 0 Å². The molecule has 0 saturated carbocycles. The third kappa shape index (κ3) is 2.81. The van der Waals surface area contributed by atoms with Crippen molar-refractivity contribution < 1.29 is 19.4 Å². The number of carboxylic acid groups (broad SMARTS) is 1. The van der Waals surface area contributed by atoms with Crippen LogP contribution in [0.5, 0.6) is 11.5 Å². The molecule has 0 aliphatic carbocycles. The Morgan fingerprint density at radius 3 is 3.00 bits per heavy atom. The molecule has 0 aromatic heterocycles. The Morgan fingerprint density at radius 1 is 1.41 bits per heavy atom. The number of hydrogen-bond acceptors (Lipinski definition) is 4. The first-order valence-electron chi connectivity index (χ1n) is 7.58.